The molecule has 0 bridgehead atoms. The van der Waals surface area contributed by atoms with E-state index >= 15 is 0 Å². The molecule has 1 aliphatic heterocycles. The summed E-state index contributed by atoms with van der Waals surface area (Å²) in [5, 5.41) is 9.62. The molecule has 3 heterocycles. The van der Waals surface area contributed by atoms with Gasteiger partial charge in [-0.1, -0.05) is 31.0 Å². The van der Waals surface area contributed by atoms with E-state index in [1.165, 1.54) is 31.0 Å². The lowest BCUT2D eigenvalue weighted by Crippen LogP contribution is -2.48. The number of amides is 1. The lowest BCUT2D eigenvalue weighted by atomic mass is 9.95. The summed E-state index contributed by atoms with van der Waals surface area (Å²) in [5.74, 6) is 1.99. The van der Waals surface area contributed by atoms with Crippen LogP contribution in [0.3, 0.4) is 0 Å². The van der Waals surface area contributed by atoms with Crippen LogP contribution in [-0.2, 0) is 9.53 Å². The third-order valence-electron chi connectivity index (χ3n) is 5.44. The van der Waals surface area contributed by atoms with Crippen LogP contribution in [0.1, 0.15) is 52.0 Å². The molecule has 1 saturated carbocycles. The van der Waals surface area contributed by atoms with Gasteiger partial charge in [0.15, 0.2) is 10.9 Å². The first-order chi connectivity index (χ1) is 13.6. The molecule has 2 aliphatic rings. The molecule has 28 heavy (non-hydrogen) atoms. The topological polar surface area (TPSA) is 73.4 Å². The molecule has 0 radical (unpaired) electrons. The molecule has 2 aromatic rings. The van der Waals surface area contributed by atoms with Gasteiger partial charge in [-0.3, -0.25) is 9.36 Å². The average molecular weight is 405 g/mol. The number of carbonyl (C=O) groups is 1. The van der Waals surface area contributed by atoms with E-state index in [0.717, 1.165) is 29.6 Å². The Kier molecular flexibility index (Phi) is 6.06. The quantitative estimate of drug-likeness (QED) is 0.706. The van der Waals surface area contributed by atoms with E-state index < -0.39 is 0 Å². The summed E-state index contributed by atoms with van der Waals surface area (Å²) >= 11 is 1.48. The van der Waals surface area contributed by atoms with E-state index in [0.29, 0.717) is 24.9 Å². The predicted molar refractivity (Wildman–Crippen MR) is 107 cm³/mol. The van der Waals surface area contributed by atoms with Crippen LogP contribution in [0.15, 0.2) is 28.0 Å². The maximum atomic E-state index is 12.8. The third kappa shape index (κ3) is 4.27. The van der Waals surface area contributed by atoms with Gasteiger partial charge in [0.2, 0.25) is 11.7 Å². The van der Waals surface area contributed by atoms with Gasteiger partial charge in [-0.25, -0.2) is 0 Å². The molecule has 2 atom stereocenters. The van der Waals surface area contributed by atoms with Crippen molar-refractivity contribution in [2.24, 2.45) is 0 Å². The minimum Gasteiger partial charge on any atom is -0.461 e. The van der Waals surface area contributed by atoms with Crippen molar-refractivity contribution in [3.8, 4) is 11.6 Å². The van der Waals surface area contributed by atoms with Gasteiger partial charge in [-0.05, 0) is 38.8 Å². The SMILES string of the molecule is CC1CN(C(=O)CSc2nnc(-c3ccco3)n2C2CCCCC2)CC(C)O1. The van der Waals surface area contributed by atoms with Gasteiger partial charge in [-0.2, -0.15) is 0 Å². The number of rotatable bonds is 5. The summed E-state index contributed by atoms with van der Waals surface area (Å²) in [6.45, 7) is 5.32. The zero-order valence-corrected chi connectivity index (χ0v) is 17.4. The molecule has 1 aliphatic carbocycles. The number of morpholine rings is 1. The van der Waals surface area contributed by atoms with Crippen molar-refractivity contribution in [2.45, 2.75) is 69.4 Å². The molecule has 7 nitrogen and oxygen atoms in total. The van der Waals surface area contributed by atoms with Crippen LogP contribution in [0.2, 0.25) is 0 Å². The van der Waals surface area contributed by atoms with Crippen LogP contribution in [0, 0.1) is 0 Å². The maximum absolute atomic E-state index is 12.8. The Morgan fingerprint density at radius 2 is 1.93 bits per heavy atom. The summed E-state index contributed by atoms with van der Waals surface area (Å²) in [5.41, 5.74) is 0. The van der Waals surface area contributed by atoms with Crippen molar-refractivity contribution < 1.29 is 13.9 Å². The molecule has 2 fully saturated rings. The highest BCUT2D eigenvalue weighted by molar-refractivity contribution is 7.99. The molecule has 0 spiro atoms. The fourth-order valence-electron chi connectivity index (χ4n) is 4.22. The Labute approximate surface area is 169 Å². The van der Waals surface area contributed by atoms with Gasteiger partial charge >= 0.3 is 0 Å². The number of hydrogen-bond donors (Lipinski definition) is 0. The van der Waals surface area contributed by atoms with Crippen molar-refractivity contribution in [3.63, 3.8) is 0 Å². The zero-order chi connectivity index (χ0) is 19.5. The molecular weight excluding hydrogens is 376 g/mol. The van der Waals surface area contributed by atoms with Gasteiger partial charge in [0, 0.05) is 19.1 Å². The summed E-state index contributed by atoms with van der Waals surface area (Å²) in [4.78, 5) is 14.7. The van der Waals surface area contributed by atoms with Crippen LogP contribution >= 0.6 is 11.8 Å². The Bertz CT molecular complexity index is 775. The van der Waals surface area contributed by atoms with Crippen molar-refractivity contribution in [1.29, 1.82) is 0 Å². The summed E-state index contributed by atoms with van der Waals surface area (Å²) in [7, 11) is 0. The second kappa shape index (κ2) is 8.69. The highest BCUT2D eigenvalue weighted by atomic mass is 32.2. The Morgan fingerprint density at radius 1 is 1.18 bits per heavy atom. The monoisotopic (exact) mass is 404 g/mol. The van der Waals surface area contributed by atoms with Gasteiger partial charge in [-0.15, -0.1) is 10.2 Å². The number of hydrogen-bond acceptors (Lipinski definition) is 6. The molecule has 0 aromatic carbocycles. The van der Waals surface area contributed by atoms with Gasteiger partial charge in [0.25, 0.3) is 0 Å². The fraction of sp³-hybridized carbons (Fsp3) is 0.650. The minimum absolute atomic E-state index is 0.0779. The highest BCUT2D eigenvalue weighted by Crippen LogP contribution is 2.35. The summed E-state index contributed by atoms with van der Waals surface area (Å²) in [6.07, 6.45) is 7.76. The predicted octanol–water partition coefficient (Wildman–Crippen LogP) is 3.77. The first-order valence-corrected chi connectivity index (χ1v) is 11.1. The smallest absolute Gasteiger partial charge is 0.233 e. The van der Waals surface area contributed by atoms with Gasteiger partial charge < -0.3 is 14.1 Å². The van der Waals surface area contributed by atoms with Crippen LogP contribution in [0.25, 0.3) is 11.6 Å². The van der Waals surface area contributed by atoms with Crippen molar-refractivity contribution in [1.82, 2.24) is 19.7 Å². The van der Waals surface area contributed by atoms with Gasteiger partial charge in [0.1, 0.15) is 0 Å². The molecule has 8 heteroatoms. The fourth-order valence-corrected chi connectivity index (χ4v) is 5.13. The standard InChI is InChI=1S/C20H28N4O3S/c1-14-11-23(12-15(2)27-14)18(25)13-28-20-22-21-19(17-9-6-10-26-17)24(20)16-7-4-3-5-8-16/h6,9-10,14-16H,3-5,7-8,11-13H2,1-2H3. The molecule has 2 aromatic heterocycles. The number of nitrogens with zero attached hydrogens (tertiary/aromatic N) is 4. The van der Waals surface area contributed by atoms with E-state index in [4.69, 9.17) is 9.15 Å². The van der Waals surface area contributed by atoms with E-state index in [1.807, 2.05) is 30.9 Å². The summed E-state index contributed by atoms with van der Waals surface area (Å²) < 4.78 is 13.5. The maximum Gasteiger partial charge on any atom is 0.233 e. The second-order valence-electron chi connectivity index (χ2n) is 7.79. The van der Waals surface area contributed by atoms with Crippen LogP contribution in [0.5, 0.6) is 0 Å². The van der Waals surface area contributed by atoms with Crippen molar-refractivity contribution in [2.75, 3.05) is 18.8 Å². The van der Waals surface area contributed by atoms with Gasteiger partial charge in [0.05, 0.1) is 24.2 Å². The molecular formula is C20H28N4O3S. The Balaban J connectivity index is 1.50. The van der Waals surface area contributed by atoms with E-state index in [2.05, 4.69) is 14.8 Å². The molecule has 1 amide bonds. The number of thioether (sulfide) groups is 1. The van der Waals surface area contributed by atoms with E-state index in [9.17, 15) is 4.79 Å². The normalized spacial score (nSPS) is 23.9. The number of aromatic nitrogens is 3. The zero-order valence-electron chi connectivity index (χ0n) is 16.5. The molecule has 152 valence electrons. The number of furan rings is 1. The van der Waals surface area contributed by atoms with Crippen molar-refractivity contribution in [3.05, 3.63) is 18.4 Å². The first-order valence-electron chi connectivity index (χ1n) is 10.2. The Hall–Kier alpha value is -1.80. The average Bonchev–Trinajstić information content (AvgIpc) is 3.35. The molecule has 4 rings (SSSR count). The lowest BCUT2D eigenvalue weighted by molar-refractivity contribution is -0.140. The minimum atomic E-state index is 0.0779. The third-order valence-corrected chi connectivity index (χ3v) is 6.37. The Morgan fingerprint density at radius 3 is 2.61 bits per heavy atom. The second-order valence-corrected chi connectivity index (χ2v) is 8.73. The molecule has 2 unspecified atom stereocenters. The van der Waals surface area contributed by atoms with Crippen LogP contribution in [0.4, 0.5) is 0 Å². The van der Waals surface area contributed by atoms with E-state index in [1.54, 1.807) is 6.26 Å². The van der Waals surface area contributed by atoms with Crippen LogP contribution in [-0.4, -0.2) is 56.6 Å². The molecule has 1 saturated heterocycles. The number of carbonyl (C=O) groups excluding carboxylic acids is 1. The summed E-state index contributed by atoms with van der Waals surface area (Å²) in [6, 6.07) is 4.15. The largest absolute Gasteiger partial charge is 0.461 e. The van der Waals surface area contributed by atoms with Crippen molar-refractivity contribution >= 4 is 17.7 Å². The number of ether oxygens (including phenoxy) is 1. The first kappa shape index (κ1) is 19.5. The lowest BCUT2D eigenvalue weighted by Gasteiger charge is -2.35. The highest BCUT2D eigenvalue weighted by Gasteiger charge is 2.28. The molecule has 0 N–H and O–H groups in total. The van der Waals surface area contributed by atoms with Crippen LogP contribution < -0.4 is 0 Å². The van der Waals surface area contributed by atoms with E-state index in [-0.39, 0.29) is 18.1 Å².